The standard InChI is InChI=1S/C8H10N2/c1-6-2-7(5-9)4-8(10)3-6/h3-4,6H,2,10H2,1H3. The van der Waals surface area contributed by atoms with Gasteiger partial charge in [0.1, 0.15) is 0 Å². The van der Waals surface area contributed by atoms with E-state index in [1.54, 1.807) is 6.08 Å². The van der Waals surface area contributed by atoms with Crippen molar-refractivity contribution in [2.75, 3.05) is 0 Å². The molecule has 1 aliphatic rings. The third-order valence-corrected chi connectivity index (χ3v) is 1.50. The molecule has 10 heavy (non-hydrogen) atoms. The van der Waals surface area contributed by atoms with E-state index in [0.29, 0.717) is 5.92 Å². The number of allylic oxidation sites excluding steroid dienone is 3. The third kappa shape index (κ3) is 1.38. The highest BCUT2D eigenvalue weighted by Crippen LogP contribution is 2.18. The largest absolute Gasteiger partial charge is 0.399 e. The molecule has 1 unspecified atom stereocenters. The van der Waals surface area contributed by atoms with Crippen molar-refractivity contribution in [2.45, 2.75) is 13.3 Å². The summed E-state index contributed by atoms with van der Waals surface area (Å²) in [6.07, 6.45) is 4.54. The fourth-order valence-corrected chi connectivity index (χ4v) is 1.12. The molecular formula is C8H10N2. The Bertz CT molecular complexity index is 230. The average molecular weight is 134 g/mol. The van der Waals surface area contributed by atoms with Crippen LogP contribution in [0.3, 0.4) is 0 Å². The monoisotopic (exact) mass is 134 g/mol. The van der Waals surface area contributed by atoms with Crippen LogP contribution in [-0.4, -0.2) is 0 Å². The Morgan fingerprint density at radius 1 is 1.80 bits per heavy atom. The Hall–Kier alpha value is -1.23. The molecule has 0 spiro atoms. The maximum absolute atomic E-state index is 8.53. The smallest absolute Gasteiger partial charge is 0.0948 e. The Balaban J connectivity index is 2.83. The van der Waals surface area contributed by atoms with Gasteiger partial charge in [-0.3, -0.25) is 0 Å². The van der Waals surface area contributed by atoms with Gasteiger partial charge < -0.3 is 5.73 Å². The summed E-state index contributed by atoms with van der Waals surface area (Å²) in [5.74, 6) is 0.416. The molecule has 2 heteroatoms. The highest BCUT2D eigenvalue weighted by molar-refractivity contribution is 5.34. The van der Waals surface area contributed by atoms with Crippen LogP contribution in [0.1, 0.15) is 13.3 Å². The molecule has 1 aliphatic carbocycles. The fourth-order valence-electron chi connectivity index (χ4n) is 1.12. The van der Waals surface area contributed by atoms with Gasteiger partial charge in [0.2, 0.25) is 0 Å². The van der Waals surface area contributed by atoms with Crippen LogP contribution in [-0.2, 0) is 0 Å². The molecule has 0 saturated heterocycles. The van der Waals surface area contributed by atoms with Gasteiger partial charge in [0.15, 0.2) is 0 Å². The number of nitrogens with two attached hydrogens (primary N) is 1. The summed E-state index contributed by atoms with van der Waals surface area (Å²) in [6, 6.07) is 2.10. The Morgan fingerprint density at radius 2 is 2.50 bits per heavy atom. The molecule has 0 bridgehead atoms. The predicted molar refractivity (Wildman–Crippen MR) is 39.7 cm³/mol. The maximum Gasteiger partial charge on any atom is 0.0948 e. The molecule has 0 aromatic heterocycles. The summed E-state index contributed by atoms with van der Waals surface area (Å²) in [7, 11) is 0. The van der Waals surface area contributed by atoms with E-state index >= 15 is 0 Å². The van der Waals surface area contributed by atoms with Crippen LogP contribution in [0.5, 0.6) is 0 Å². The predicted octanol–water partition coefficient (Wildman–Crippen LogP) is 1.32. The lowest BCUT2D eigenvalue weighted by Crippen LogP contribution is -2.05. The van der Waals surface area contributed by atoms with Crippen molar-refractivity contribution in [3.63, 3.8) is 0 Å². The van der Waals surface area contributed by atoms with E-state index in [1.165, 1.54) is 0 Å². The first-order chi connectivity index (χ1) is 4.72. The van der Waals surface area contributed by atoms with Crippen LogP contribution < -0.4 is 5.73 Å². The van der Waals surface area contributed by atoms with Gasteiger partial charge >= 0.3 is 0 Å². The molecule has 2 N–H and O–H groups in total. The van der Waals surface area contributed by atoms with E-state index in [1.807, 2.05) is 6.08 Å². The minimum Gasteiger partial charge on any atom is -0.399 e. The first kappa shape index (κ1) is 6.88. The second kappa shape index (κ2) is 2.57. The van der Waals surface area contributed by atoms with Crippen molar-refractivity contribution >= 4 is 0 Å². The molecule has 0 saturated carbocycles. The van der Waals surface area contributed by atoms with E-state index in [-0.39, 0.29) is 0 Å². The Labute approximate surface area is 60.6 Å². The highest BCUT2D eigenvalue weighted by Gasteiger charge is 2.08. The normalized spacial score (nSPS) is 24.6. The Morgan fingerprint density at radius 3 is 3.00 bits per heavy atom. The van der Waals surface area contributed by atoms with Crippen molar-refractivity contribution in [1.82, 2.24) is 0 Å². The summed E-state index contributed by atoms with van der Waals surface area (Å²) < 4.78 is 0. The molecule has 0 aromatic rings. The zero-order valence-corrected chi connectivity index (χ0v) is 5.96. The van der Waals surface area contributed by atoms with Gasteiger partial charge in [-0.25, -0.2) is 0 Å². The summed E-state index contributed by atoms with van der Waals surface area (Å²) in [4.78, 5) is 0. The molecule has 0 radical (unpaired) electrons. The third-order valence-electron chi connectivity index (χ3n) is 1.50. The van der Waals surface area contributed by atoms with Gasteiger partial charge in [0.25, 0.3) is 0 Å². The van der Waals surface area contributed by atoms with E-state index < -0.39 is 0 Å². The molecule has 1 atom stereocenters. The fraction of sp³-hybridized carbons (Fsp3) is 0.375. The second-order valence-corrected chi connectivity index (χ2v) is 2.63. The van der Waals surface area contributed by atoms with Crippen molar-refractivity contribution in [2.24, 2.45) is 11.7 Å². The summed E-state index contributed by atoms with van der Waals surface area (Å²) in [6.45, 7) is 2.05. The topological polar surface area (TPSA) is 49.8 Å². The minimum atomic E-state index is 0.416. The van der Waals surface area contributed by atoms with Crippen LogP contribution >= 0.6 is 0 Å². The lowest BCUT2D eigenvalue weighted by atomic mass is 9.95. The summed E-state index contributed by atoms with van der Waals surface area (Å²) >= 11 is 0. The molecule has 1 rings (SSSR count). The molecule has 0 heterocycles. The second-order valence-electron chi connectivity index (χ2n) is 2.63. The molecule has 0 aromatic carbocycles. The molecule has 2 nitrogen and oxygen atoms in total. The summed E-state index contributed by atoms with van der Waals surface area (Å²) in [5, 5.41) is 8.53. The number of nitrogens with zero attached hydrogens (tertiary/aromatic N) is 1. The van der Waals surface area contributed by atoms with Crippen molar-refractivity contribution in [3.8, 4) is 6.07 Å². The van der Waals surface area contributed by atoms with Crippen LogP contribution in [0.15, 0.2) is 23.4 Å². The van der Waals surface area contributed by atoms with E-state index in [9.17, 15) is 0 Å². The van der Waals surface area contributed by atoms with E-state index in [4.69, 9.17) is 11.0 Å². The number of rotatable bonds is 0. The van der Waals surface area contributed by atoms with Crippen LogP contribution in [0.25, 0.3) is 0 Å². The number of nitriles is 1. The lowest BCUT2D eigenvalue weighted by molar-refractivity contribution is 0.711. The van der Waals surface area contributed by atoms with Crippen molar-refractivity contribution in [3.05, 3.63) is 23.4 Å². The summed E-state index contributed by atoms with van der Waals surface area (Å²) in [5.41, 5.74) is 7.03. The van der Waals surface area contributed by atoms with Crippen molar-refractivity contribution in [1.29, 1.82) is 5.26 Å². The van der Waals surface area contributed by atoms with Gasteiger partial charge in [0.05, 0.1) is 6.07 Å². The molecule has 0 amide bonds. The van der Waals surface area contributed by atoms with Crippen LogP contribution in [0.2, 0.25) is 0 Å². The lowest BCUT2D eigenvalue weighted by Gasteiger charge is -2.10. The van der Waals surface area contributed by atoms with Gasteiger partial charge in [0, 0.05) is 11.3 Å². The average Bonchev–Trinajstić information content (AvgIpc) is 1.85. The molecular weight excluding hydrogens is 124 g/mol. The van der Waals surface area contributed by atoms with Crippen LogP contribution in [0.4, 0.5) is 0 Å². The van der Waals surface area contributed by atoms with Crippen LogP contribution in [0, 0.1) is 17.2 Å². The zero-order chi connectivity index (χ0) is 7.56. The molecule has 52 valence electrons. The van der Waals surface area contributed by atoms with Gasteiger partial charge in [-0.1, -0.05) is 13.0 Å². The number of hydrogen-bond acceptors (Lipinski definition) is 2. The quantitative estimate of drug-likeness (QED) is 0.543. The Kier molecular flexibility index (Phi) is 1.77. The van der Waals surface area contributed by atoms with Crippen molar-refractivity contribution < 1.29 is 0 Å². The zero-order valence-electron chi connectivity index (χ0n) is 5.96. The molecule has 0 fully saturated rings. The first-order valence-electron chi connectivity index (χ1n) is 3.30. The van der Waals surface area contributed by atoms with Gasteiger partial charge in [-0.2, -0.15) is 5.26 Å². The number of hydrogen-bond donors (Lipinski definition) is 1. The van der Waals surface area contributed by atoms with E-state index in [0.717, 1.165) is 17.7 Å². The minimum absolute atomic E-state index is 0.416. The van der Waals surface area contributed by atoms with Gasteiger partial charge in [-0.05, 0) is 18.4 Å². The SMILES string of the molecule is CC1C=C(N)C=C(C#N)C1. The van der Waals surface area contributed by atoms with Gasteiger partial charge in [-0.15, -0.1) is 0 Å². The molecule has 0 aliphatic heterocycles. The van der Waals surface area contributed by atoms with E-state index in [2.05, 4.69) is 13.0 Å². The maximum atomic E-state index is 8.53. The highest BCUT2D eigenvalue weighted by atomic mass is 14.6. The first-order valence-corrected chi connectivity index (χ1v) is 3.30.